The van der Waals surface area contributed by atoms with E-state index in [1.165, 1.54) is 25.6 Å². The number of aromatic nitrogens is 2. The zero-order chi connectivity index (χ0) is 25.1. The molecule has 0 aliphatic carbocycles. The molecule has 0 bridgehead atoms. The lowest BCUT2D eigenvalue weighted by Gasteiger charge is -2.15. The van der Waals surface area contributed by atoms with Crippen molar-refractivity contribution >= 4 is 5.57 Å². The van der Waals surface area contributed by atoms with Gasteiger partial charge in [-0.3, -0.25) is 4.98 Å². The molecule has 0 saturated carbocycles. The summed E-state index contributed by atoms with van der Waals surface area (Å²) in [6.07, 6.45) is 2.17. The molecule has 3 rings (SSSR count). The molecule has 1 aromatic carbocycles. The predicted molar refractivity (Wildman–Crippen MR) is 113 cm³/mol. The lowest BCUT2D eigenvalue weighted by molar-refractivity contribution is -0.143. The van der Waals surface area contributed by atoms with E-state index in [4.69, 9.17) is 15.6 Å². The number of hydrogen-bond donors (Lipinski definition) is 0. The summed E-state index contributed by atoms with van der Waals surface area (Å²) in [6, 6.07) is 2.74. The molecule has 0 radical (unpaired) electrons. The third kappa shape index (κ3) is 4.98. The molecule has 0 spiro atoms. The maximum atomic E-state index is 13.4. The molecule has 0 aliphatic rings. The predicted octanol–water partition coefficient (Wildman–Crippen LogP) is 7.01. The van der Waals surface area contributed by atoms with Crippen molar-refractivity contribution < 1.29 is 35.5 Å². The SMILES string of the molecule is C#CC=C(C(=CC)OC)c1ccncc1-c1ncoc1-c1cc(C(F)(F)F)cc(C(F)(F)F)c1. The van der Waals surface area contributed by atoms with Crippen LogP contribution >= 0.6 is 0 Å². The molecule has 2 heterocycles. The van der Waals surface area contributed by atoms with Crippen molar-refractivity contribution in [1.29, 1.82) is 0 Å². The second-order valence-electron chi connectivity index (χ2n) is 6.83. The minimum atomic E-state index is -5.02. The van der Waals surface area contributed by atoms with Gasteiger partial charge < -0.3 is 9.15 Å². The fourth-order valence-electron chi connectivity index (χ4n) is 3.30. The first kappa shape index (κ1) is 24.6. The molecule has 4 nitrogen and oxygen atoms in total. The summed E-state index contributed by atoms with van der Waals surface area (Å²) in [5, 5.41) is 0. The highest BCUT2D eigenvalue weighted by molar-refractivity contribution is 5.90. The summed E-state index contributed by atoms with van der Waals surface area (Å²) in [5.41, 5.74) is -2.31. The maximum absolute atomic E-state index is 13.4. The van der Waals surface area contributed by atoms with Crippen LogP contribution in [0, 0.1) is 12.3 Å². The van der Waals surface area contributed by atoms with Gasteiger partial charge in [0.25, 0.3) is 0 Å². The third-order valence-corrected chi connectivity index (χ3v) is 4.76. The Hall–Kier alpha value is -4.00. The van der Waals surface area contributed by atoms with Crippen molar-refractivity contribution in [3.05, 3.63) is 77.7 Å². The number of nitrogens with zero attached hydrogens (tertiary/aromatic N) is 2. The fraction of sp³-hybridized carbons (Fsp3) is 0.167. The molecule has 0 unspecified atom stereocenters. The van der Waals surface area contributed by atoms with Gasteiger partial charge in [-0.05, 0) is 48.9 Å². The highest BCUT2D eigenvalue weighted by Crippen LogP contribution is 2.42. The van der Waals surface area contributed by atoms with Gasteiger partial charge in [-0.25, -0.2) is 4.98 Å². The van der Waals surface area contributed by atoms with Crippen LogP contribution in [0.4, 0.5) is 26.3 Å². The topological polar surface area (TPSA) is 48.2 Å². The summed E-state index contributed by atoms with van der Waals surface area (Å²) in [7, 11) is 1.42. The second-order valence-corrected chi connectivity index (χ2v) is 6.83. The van der Waals surface area contributed by atoms with E-state index in [1.54, 1.807) is 19.1 Å². The third-order valence-electron chi connectivity index (χ3n) is 4.76. The van der Waals surface area contributed by atoms with Gasteiger partial charge in [0.2, 0.25) is 0 Å². The average Bonchev–Trinajstić information content (AvgIpc) is 3.27. The molecule has 10 heteroatoms. The van der Waals surface area contributed by atoms with Gasteiger partial charge in [0.1, 0.15) is 11.5 Å². The Morgan fingerprint density at radius 3 is 2.26 bits per heavy atom. The Kier molecular flexibility index (Phi) is 6.86. The zero-order valence-corrected chi connectivity index (χ0v) is 17.8. The number of alkyl halides is 6. The molecule has 0 saturated heterocycles. The average molecular weight is 478 g/mol. The maximum Gasteiger partial charge on any atom is 0.416 e. The van der Waals surface area contributed by atoms with Crippen molar-refractivity contribution in [3.63, 3.8) is 0 Å². The molecular formula is C24H16F6N2O2. The fourth-order valence-corrected chi connectivity index (χ4v) is 3.30. The molecular weight excluding hydrogens is 462 g/mol. The lowest BCUT2D eigenvalue weighted by Crippen LogP contribution is -2.11. The van der Waals surface area contributed by atoms with Crippen molar-refractivity contribution in [1.82, 2.24) is 9.97 Å². The number of rotatable bonds is 5. The molecule has 3 aromatic rings. The van der Waals surface area contributed by atoms with Crippen LogP contribution in [0.15, 0.2) is 65.4 Å². The van der Waals surface area contributed by atoms with E-state index in [2.05, 4.69) is 15.9 Å². The lowest BCUT2D eigenvalue weighted by atomic mass is 9.95. The normalized spacial score (nSPS) is 13.0. The number of pyridine rings is 1. The Bertz CT molecular complexity index is 1260. The second kappa shape index (κ2) is 9.47. The van der Waals surface area contributed by atoms with Crippen molar-refractivity contribution in [2.45, 2.75) is 19.3 Å². The Labute approximate surface area is 190 Å². The number of terminal acetylenes is 1. The zero-order valence-electron chi connectivity index (χ0n) is 17.8. The van der Waals surface area contributed by atoms with Crippen LogP contribution in [0.1, 0.15) is 23.6 Å². The van der Waals surface area contributed by atoms with Crippen LogP contribution in [-0.4, -0.2) is 17.1 Å². The Morgan fingerprint density at radius 1 is 1.09 bits per heavy atom. The van der Waals surface area contributed by atoms with Crippen molar-refractivity contribution in [3.8, 4) is 34.9 Å². The summed E-state index contributed by atoms with van der Waals surface area (Å²) >= 11 is 0. The van der Waals surface area contributed by atoms with E-state index in [1.807, 2.05) is 0 Å². The number of hydrogen-bond acceptors (Lipinski definition) is 4. The molecule has 0 amide bonds. The van der Waals surface area contributed by atoms with Gasteiger partial charge in [0, 0.05) is 29.1 Å². The summed E-state index contributed by atoms with van der Waals surface area (Å²) in [5.74, 6) is 2.47. The van der Waals surface area contributed by atoms with Gasteiger partial charge in [0.05, 0.1) is 18.2 Å². The van der Waals surface area contributed by atoms with Gasteiger partial charge in [-0.1, -0.05) is 5.92 Å². The van der Waals surface area contributed by atoms with Gasteiger partial charge in [0.15, 0.2) is 12.2 Å². The van der Waals surface area contributed by atoms with Crippen molar-refractivity contribution in [2.75, 3.05) is 7.11 Å². The van der Waals surface area contributed by atoms with Crippen LogP contribution in [0.3, 0.4) is 0 Å². The van der Waals surface area contributed by atoms with E-state index in [0.717, 1.165) is 6.39 Å². The van der Waals surface area contributed by atoms with E-state index < -0.39 is 29.0 Å². The number of halogens is 6. The van der Waals surface area contributed by atoms with Gasteiger partial charge in [-0.2, -0.15) is 26.3 Å². The summed E-state index contributed by atoms with van der Waals surface area (Å²) in [6.45, 7) is 1.70. The minimum absolute atomic E-state index is 0.0231. The van der Waals surface area contributed by atoms with Crippen LogP contribution in [0.25, 0.3) is 28.2 Å². The number of ether oxygens (including phenoxy) is 1. The smallest absolute Gasteiger partial charge is 0.416 e. The number of allylic oxidation sites excluding steroid dienone is 3. The molecule has 0 fully saturated rings. The largest absolute Gasteiger partial charge is 0.496 e. The molecule has 0 N–H and O–H groups in total. The van der Waals surface area contributed by atoms with Crippen molar-refractivity contribution in [2.24, 2.45) is 0 Å². The number of benzene rings is 1. The van der Waals surface area contributed by atoms with Crippen LogP contribution < -0.4 is 0 Å². The Morgan fingerprint density at radius 2 is 1.74 bits per heavy atom. The number of oxazole rings is 1. The highest BCUT2D eigenvalue weighted by atomic mass is 19.4. The first-order valence-electron chi connectivity index (χ1n) is 9.56. The first-order valence-corrected chi connectivity index (χ1v) is 9.56. The van der Waals surface area contributed by atoms with Crippen LogP contribution in [0.2, 0.25) is 0 Å². The number of methoxy groups -OCH3 is 1. The molecule has 0 atom stereocenters. The summed E-state index contributed by atoms with van der Waals surface area (Å²) < 4.78 is 90.7. The molecule has 2 aromatic heterocycles. The molecule has 0 aliphatic heterocycles. The Balaban J connectivity index is 2.28. The highest BCUT2D eigenvalue weighted by Gasteiger charge is 2.37. The first-order chi connectivity index (χ1) is 16.0. The summed E-state index contributed by atoms with van der Waals surface area (Å²) in [4.78, 5) is 8.07. The standard InChI is InChI=1S/C24H16F6N2O2/c1-4-6-18(20(5-2)33-3)17-7-8-31-12-19(17)21-22(34-13-32-21)14-9-15(23(25,26)27)11-16(10-14)24(28,29)30/h1,5-13H,2-3H3. The van der Waals surface area contributed by atoms with E-state index in [9.17, 15) is 26.3 Å². The van der Waals surface area contributed by atoms with Gasteiger partial charge >= 0.3 is 12.4 Å². The van der Waals surface area contributed by atoms with E-state index in [-0.39, 0.29) is 23.1 Å². The van der Waals surface area contributed by atoms with Crippen LogP contribution in [-0.2, 0) is 17.1 Å². The minimum Gasteiger partial charge on any atom is -0.496 e. The van der Waals surface area contributed by atoms with Gasteiger partial charge in [-0.15, -0.1) is 6.42 Å². The van der Waals surface area contributed by atoms with E-state index >= 15 is 0 Å². The quantitative estimate of drug-likeness (QED) is 0.171. The van der Waals surface area contributed by atoms with E-state index in [0.29, 0.717) is 29.0 Å². The monoisotopic (exact) mass is 478 g/mol. The van der Waals surface area contributed by atoms with Crippen LogP contribution in [0.5, 0.6) is 0 Å². The molecule has 176 valence electrons. The molecule has 34 heavy (non-hydrogen) atoms.